The molecule has 0 saturated heterocycles. The highest BCUT2D eigenvalue weighted by molar-refractivity contribution is 7.99. The number of carbonyl (C=O) groups is 2. The molecule has 2 aromatic carbocycles. The number of hydrogen-bond acceptors (Lipinski definition) is 8. The molecule has 1 N–H and O–H groups in total. The second-order valence-electron chi connectivity index (χ2n) is 7.28. The third-order valence-corrected chi connectivity index (χ3v) is 7.02. The van der Waals surface area contributed by atoms with Crippen molar-refractivity contribution in [2.24, 2.45) is 7.05 Å². The van der Waals surface area contributed by atoms with Crippen LogP contribution in [-0.2, 0) is 16.6 Å². The maximum atomic E-state index is 13.2. The van der Waals surface area contributed by atoms with Gasteiger partial charge in [-0.25, -0.2) is 9.18 Å². The molecule has 0 unspecified atom stereocenters. The summed E-state index contributed by atoms with van der Waals surface area (Å²) >= 11 is 2.44. The van der Waals surface area contributed by atoms with Crippen LogP contribution in [0.1, 0.15) is 10.4 Å². The molecule has 4 aromatic rings. The van der Waals surface area contributed by atoms with Gasteiger partial charge in [0.15, 0.2) is 11.0 Å². The van der Waals surface area contributed by atoms with Gasteiger partial charge in [0.25, 0.3) is 0 Å². The molecule has 35 heavy (non-hydrogen) atoms. The zero-order valence-corrected chi connectivity index (χ0v) is 20.7. The minimum atomic E-state index is -0.544. The first-order valence-electron chi connectivity index (χ1n) is 10.3. The maximum absolute atomic E-state index is 13.2. The number of aromatic nitrogens is 3. The molecular weight excluding hydrogens is 491 g/mol. The summed E-state index contributed by atoms with van der Waals surface area (Å²) < 4.78 is 25.1. The molecule has 1 amide bonds. The number of halogens is 1. The van der Waals surface area contributed by atoms with Gasteiger partial charge >= 0.3 is 5.97 Å². The highest BCUT2D eigenvalue weighted by Crippen LogP contribution is 2.37. The number of hydrogen-bond donors (Lipinski definition) is 1. The quantitative estimate of drug-likeness (QED) is 0.266. The van der Waals surface area contributed by atoms with Crippen LogP contribution >= 0.6 is 23.1 Å². The lowest BCUT2D eigenvalue weighted by molar-refractivity contribution is -0.113. The summed E-state index contributed by atoms with van der Waals surface area (Å²) in [6, 6.07) is 13.2. The first-order valence-corrected chi connectivity index (χ1v) is 12.2. The predicted molar refractivity (Wildman–Crippen MR) is 133 cm³/mol. The number of nitrogens with zero attached hydrogens (tertiary/aromatic N) is 3. The number of carbonyl (C=O) groups excluding carboxylic acids is 2. The summed E-state index contributed by atoms with van der Waals surface area (Å²) in [6.45, 7) is 0. The van der Waals surface area contributed by atoms with Gasteiger partial charge in [0.2, 0.25) is 5.91 Å². The Hall–Kier alpha value is -3.70. The van der Waals surface area contributed by atoms with Crippen LogP contribution < -0.4 is 10.1 Å². The molecule has 2 aromatic heterocycles. The smallest absolute Gasteiger partial charge is 0.341 e. The van der Waals surface area contributed by atoms with Crippen molar-refractivity contribution in [1.82, 2.24) is 14.8 Å². The van der Waals surface area contributed by atoms with Crippen LogP contribution in [0.2, 0.25) is 0 Å². The van der Waals surface area contributed by atoms with Crippen molar-refractivity contribution in [2.45, 2.75) is 5.16 Å². The number of amides is 1. The third-order valence-electron chi connectivity index (χ3n) is 5.10. The van der Waals surface area contributed by atoms with Gasteiger partial charge in [-0.3, -0.25) is 4.79 Å². The number of benzene rings is 2. The van der Waals surface area contributed by atoms with E-state index in [1.807, 2.05) is 12.1 Å². The number of thiophene rings is 1. The third kappa shape index (κ3) is 5.36. The molecule has 0 aliphatic heterocycles. The Kier molecular flexibility index (Phi) is 7.47. The Labute approximate surface area is 209 Å². The Morgan fingerprint density at radius 1 is 1.06 bits per heavy atom. The Balaban J connectivity index is 1.48. The summed E-state index contributed by atoms with van der Waals surface area (Å²) in [5.74, 6) is 0.110. The number of anilines is 1. The second kappa shape index (κ2) is 10.7. The number of methoxy groups -OCH3 is 2. The average Bonchev–Trinajstić information content (AvgIpc) is 3.46. The van der Waals surface area contributed by atoms with Crippen LogP contribution in [0.5, 0.6) is 5.75 Å². The fraction of sp³-hybridized carbons (Fsp3) is 0.167. The molecule has 0 spiro atoms. The van der Waals surface area contributed by atoms with Gasteiger partial charge in [-0.2, -0.15) is 0 Å². The van der Waals surface area contributed by atoms with Crippen molar-refractivity contribution in [3.05, 3.63) is 65.3 Å². The van der Waals surface area contributed by atoms with Gasteiger partial charge in [0.1, 0.15) is 22.1 Å². The van der Waals surface area contributed by atoms with E-state index in [0.717, 1.165) is 5.56 Å². The minimum Gasteiger partial charge on any atom is -0.497 e. The molecule has 0 aliphatic rings. The average molecular weight is 513 g/mol. The largest absolute Gasteiger partial charge is 0.497 e. The normalized spacial score (nSPS) is 10.7. The predicted octanol–water partition coefficient (Wildman–Crippen LogP) is 4.88. The SMILES string of the molecule is COC(=O)c1c(-c2ccc(OC)cc2)csc1NC(=O)CSc1nnc(-c2ccc(F)cc2)n1C. The van der Waals surface area contributed by atoms with E-state index in [4.69, 9.17) is 9.47 Å². The lowest BCUT2D eigenvalue weighted by atomic mass is 10.0. The second-order valence-corrected chi connectivity index (χ2v) is 9.10. The van der Waals surface area contributed by atoms with Crippen LogP contribution in [0.25, 0.3) is 22.5 Å². The highest BCUT2D eigenvalue weighted by atomic mass is 32.2. The van der Waals surface area contributed by atoms with Crippen molar-refractivity contribution >= 4 is 40.0 Å². The van der Waals surface area contributed by atoms with Crippen molar-refractivity contribution < 1.29 is 23.5 Å². The van der Waals surface area contributed by atoms with Crippen LogP contribution in [0.3, 0.4) is 0 Å². The molecule has 180 valence electrons. The van der Waals surface area contributed by atoms with Gasteiger partial charge in [-0.1, -0.05) is 23.9 Å². The van der Waals surface area contributed by atoms with E-state index >= 15 is 0 Å². The molecule has 0 radical (unpaired) electrons. The number of esters is 1. The van der Waals surface area contributed by atoms with Gasteiger partial charge in [-0.05, 0) is 42.0 Å². The van der Waals surface area contributed by atoms with E-state index in [9.17, 15) is 14.0 Å². The first-order chi connectivity index (χ1) is 16.9. The zero-order valence-electron chi connectivity index (χ0n) is 19.1. The standard InChI is InChI=1S/C24H21FN4O4S2/c1-29-21(15-4-8-16(25)9-5-15)27-28-24(29)35-13-19(30)26-22-20(23(31)33-3)18(12-34-22)14-6-10-17(32-2)11-7-14/h4-12H,13H2,1-3H3,(H,26,30). The molecule has 0 atom stereocenters. The van der Waals surface area contributed by atoms with Crippen LogP contribution in [0.15, 0.2) is 59.1 Å². The summed E-state index contributed by atoms with van der Waals surface area (Å²) in [4.78, 5) is 25.2. The van der Waals surface area contributed by atoms with Crippen molar-refractivity contribution in [2.75, 3.05) is 25.3 Å². The van der Waals surface area contributed by atoms with E-state index in [2.05, 4.69) is 15.5 Å². The Morgan fingerprint density at radius 2 is 1.74 bits per heavy atom. The van der Waals surface area contributed by atoms with Gasteiger partial charge in [-0.15, -0.1) is 21.5 Å². The zero-order chi connectivity index (χ0) is 24.9. The summed E-state index contributed by atoms with van der Waals surface area (Å²) in [6.07, 6.45) is 0. The lowest BCUT2D eigenvalue weighted by Gasteiger charge is -2.08. The molecule has 4 rings (SSSR count). The van der Waals surface area contributed by atoms with Crippen LogP contribution in [0, 0.1) is 5.82 Å². The molecule has 0 fully saturated rings. The maximum Gasteiger partial charge on any atom is 0.341 e. The summed E-state index contributed by atoms with van der Waals surface area (Å²) in [7, 11) is 4.65. The molecular formula is C24H21FN4O4S2. The fourth-order valence-corrected chi connectivity index (χ4v) is 5.01. The van der Waals surface area contributed by atoms with E-state index < -0.39 is 5.97 Å². The summed E-state index contributed by atoms with van der Waals surface area (Å²) in [5.41, 5.74) is 2.46. The molecule has 0 saturated carbocycles. The molecule has 0 aliphatic carbocycles. The minimum absolute atomic E-state index is 0.0474. The number of ether oxygens (including phenoxy) is 2. The monoisotopic (exact) mass is 512 g/mol. The number of nitrogens with one attached hydrogen (secondary N) is 1. The van der Waals surface area contributed by atoms with Crippen LogP contribution in [-0.4, -0.2) is 46.6 Å². The number of rotatable bonds is 8. The molecule has 11 heteroatoms. The Morgan fingerprint density at radius 3 is 2.40 bits per heavy atom. The molecule has 0 bridgehead atoms. The highest BCUT2D eigenvalue weighted by Gasteiger charge is 2.23. The fourth-order valence-electron chi connectivity index (χ4n) is 3.32. The van der Waals surface area contributed by atoms with E-state index in [1.54, 1.807) is 48.4 Å². The van der Waals surface area contributed by atoms with Crippen molar-refractivity contribution in [3.8, 4) is 28.3 Å². The Bertz CT molecular complexity index is 1350. The summed E-state index contributed by atoms with van der Waals surface area (Å²) in [5, 5.41) is 13.8. The van der Waals surface area contributed by atoms with E-state index in [0.29, 0.717) is 38.4 Å². The molecule has 2 heterocycles. The van der Waals surface area contributed by atoms with Crippen LogP contribution in [0.4, 0.5) is 9.39 Å². The van der Waals surface area contributed by atoms with Gasteiger partial charge < -0.3 is 19.4 Å². The van der Waals surface area contributed by atoms with Crippen molar-refractivity contribution in [1.29, 1.82) is 0 Å². The topological polar surface area (TPSA) is 95.3 Å². The molecule has 8 nitrogen and oxygen atoms in total. The van der Waals surface area contributed by atoms with Crippen molar-refractivity contribution in [3.63, 3.8) is 0 Å². The number of thioether (sulfide) groups is 1. The first kappa shape index (κ1) is 24.4. The van der Waals surface area contributed by atoms with Gasteiger partial charge in [0, 0.05) is 23.6 Å². The van der Waals surface area contributed by atoms with E-state index in [1.165, 1.54) is 42.3 Å². The lowest BCUT2D eigenvalue weighted by Crippen LogP contribution is -2.16. The van der Waals surface area contributed by atoms with E-state index in [-0.39, 0.29) is 17.5 Å². The van der Waals surface area contributed by atoms with Gasteiger partial charge in [0.05, 0.1) is 20.0 Å².